The molecule has 0 aromatic carbocycles. The number of hydrogen-bond acceptors (Lipinski definition) is 5. The van der Waals surface area contributed by atoms with Crippen LogP contribution in [0.15, 0.2) is 28.8 Å². The Morgan fingerprint density at radius 3 is 2.67 bits per heavy atom. The summed E-state index contributed by atoms with van der Waals surface area (Å²) in [4.78, 5) is 19.4. The van der Waals surface area contributed by atoms with Crippen LogP contribution >= 0.6 is 0 Å². The molecule has 3 heterocycles. The molecule has 6 heteroatoms. The summed E-state index contributed by atoms with van der Waals surface area (Å²) in [6.07, 6.45) is 7.80. The summed E-state index contributed by atoms with van der Waals surface area (Å²) >= 11 is 0. The van der Waals surface area contributed by atoms with Crippen molar-refractivity contribution < 1.29 is 13.9 Å². The van der Waals surface area contributed by atoms with Gasteiger partial charge in [-0.25, -0.2) is 4.98 Å². The van der Waals surface area contributed by atoms with Crippen molar-refractivity contribution in [1.82, 2.24) is 4.98 Å². The third-order valence-corrected chi connectivity index (χ3v) is 5.53. The topological polar surface area (TPSA) is 67.6 Å². The van der Waals surface area contributed by atoms with E-state index in [1.165, 1.54) is 19.3 Å². The zero-order valence-electron chi connectivity index (χ0n) is 15.9. The average molecular weight is 369 g/mol. The molecule has 27 heavy (non-hydrogen) atoms. The van der Waals surface area contributed by atoms with Crippen LogP contribution < -0.4 is 10.2 Å². The summed E-state index contributed by atoms with van der Waals surface area (Å²) < 4.78 is 11.3. The van der Waals surface area contributed by atoms with Gasteiger partial charge in [0.2, 0.25) is 0 Å². The fraction of sp³-hybridized carbons (Fsp3) is 0.524. The molecule has 2 aromatic heterocycles. The van der Waals surface area contributed by atoms with E-state index in [1.54, 1.807) is 6.20 Å². The highest BCUT2D eigenvalue weighted by Crippen LogP contribution is 2.34. The Morgan fingerprint density at radius 1 is 1.19 bits per heavy atom. The van der Waals surface area contributed by atoms with Crippen molar-refractivity contribution in [2.24, 2.45) is 0 Å². The molecule has 1 N–H and O–H groups in total. The monoisotopic (exact) mass is 369 g/mol. The molecule has 1 aliphatic heterocycles. The van der Waals surface area contributed by atoms with Gasteiger partial charge in [-0.1, -0.05) is 19.3 Å². The predicted molar refractivity (Wildman–Crippen MR) is 104 cm³/mol. The molecule has 144 valence electrons. The Labute approximate surface area is 159 Å². The number of aromatic nitrogens is 1. The van der Waals surface area contributed by atoms with Crippen LogP contribution in [0.3, 0.4) is 0 Å². The van der Waals surface area contributed by atoms with Crippen LogP contribution in [0.2, 0.25) is 0 Å². The number of carbonyl (C=O) groups is 1. The van der Waals surface area contributed by atoms with Crippen molar-refractivity contribution in [2.45, 2.75) is 44.9 Å². The summed E-state index contributed by atoms with van der Waals surface area (Å²) in [5, 5.41) is 2.94. The first-order chi connectivity index (χ1) is 13.2. The van der Waals surface area contributed by atoms with E-state index in [0.717, 1.165) is 50.7 Å². The minimum absolute atomic E-state index is 0.140. The molecule has 2 fully saturated rings. The number of nitrogens with one attached hydrogen (secondary N) is 1. The molecule has 2 aliphatic rings. The largest absolute Gasteiger partial charge is 0.465 e. The number of amides is 1. The normalized spacial score (nSPS) is 18.5. The number of anilines is 2. The zero-order valence-corrected chi connectivity index (χ0v) is 15.9. The Kier molecular flexibility index (Phi) is 5.43. The maximum absolute atomic E-state index is 12.7. The molecule has 1 aliphatic carbocycles. The van der Waals surface area contributed by atoms with E-state index in [0.29, 0.717) is 22.9 Å². The molecular weight excluding hydrogens is 342 g/mol. The molecule has 6 nitrogen and oxygen atoms in total. The van der Waals surface area contributed by atoms with Crippen molar-refractivity contribution in [3.05, 3.63) is 41.5 Å². The van der Waals surface area contributed by atoms with Crippen LogP contribution in [0, 0.1) is 6.92 Å². The highest BCUT2D eigenvalue weighted by Gasteiger charge is 2.23. The molecule has 0 spiro atoms. The van der Waals surface area contributed by atoms with Crippen molar-refractivity contribution >= 4 is 17.4 Å². The fourth-order valence-corrected chi connectivity index (χ4v) is 3.96. The first kappa shape index (κ1) is 18.0. The van der Waals surface area contributed by atoms with Crippen molar-refractivity contribution in [2.75, 3.05) is 36.5 Å². The molecule has 0 bridgehead atoms. The van der Waals surface area contributed by atoms with E-state index in [-0.39, 0.29) is 5.91 Å². The van der Waals surface area contributed by atoms with Gasteiger partial charge in [0.15, 0.2) is 0 Å². The molecule has 0 radical (unpaired) electrons. The number of ether oxygens (including phenoxy) is 1. The molecule has 4 rings (SSSR count). The first-order valence-corrected chi connectivity index (χ1v) is 9.91. The molecular formula is C21H27N3O3. The molecule has 0 unspecified atom stereocenters. The Hall–Kier alpha value is -2.34. The van der Waals surface area contributed by atoms with E-state index in [2.05, 4.69) is 15.2 Å². The van der Waals surface area contributed by atoms with Gasteiger partial charge < -0.3 is 19.4 Å². The van der Waals surface area contributed by atoms with Crippen LogP contribution in [-0.4, -0.2) is 37.2 Å². The van der Waals surface area contributed by atoms with Crippen molar-refractivity contribution in [3.8, 4) is 0 Å². The minimum atomic E-state index is -0.140. The van der Waals surface area contributed by atoms with Gasteiger partial charge in [-0.05, 0) is 38.0 Å². The zero-order chi connectivity index (χ0) is 18.6. The van der Waals surface area contributed by atoms with Gasteiger partial charge in [0.25, 0.3) is 5.91 Å². The van der Waals surface area contributed by atoms with Gasteiger partial charge in [-0.3, -0.25) is 4.79 Å². The maximum atomic E-state index is 12.7. The van der Waals surface area contributed by atoms with Gasteiger partial charge in [0.05, 0.1) is 30.7 Å². The molecule has 1 saturated heterocycles. The van der Waals surface area contributed by atoms with Crippen molar-refractivity contribution in [1.29, 1.82) is 0 Å². The predicted octanol–water partition coefficient (Wildman–Crippen LogP) is 4.12. The van der Waals surface area contributed by atoms with Gasteiger partial charge in [-0.15, -0.1) is 0 Å². The lowest BCUT2D eigenvalue weighted by molar-refractivity contribution is 0.102. The van der Waals surface area contributed by atoms with Gasteiger partial charge in [0, 0.05) is 19.0 Å². The average Bonchev–Trinajstić information content (AvgIpc) is 3.12. The maximum Gasteiger partial charge on any atom is 0.259 e. The third kappa shape index (κ3) is 4.16. The quantitative estimate of drug-likeness (QED) is 0.878. The van der Waals surface area contributed by atoms with Gasteiger partial charge in [-0.2, -0.15) is 0 Å². The fourth-order valence-electron chi connectivity index (χ4n) is 3.96. The van der Waals surface area contributed by atoms with Crippen LogP contribution in [-0.2, 0) is 4.74 Å². The minimum Gasteiger partial charge on any atom is -0.465 e. The van der Waals surface area contributed by atoms with E-state index >= 15 is 0 Å². The standard InChI is InChI=1S/C21H27N3O3/c1-15-18(13-19(27-15)16-5-3-2-4-6-16)21(25)23-17-7-8-20(22-14-17)24-9-11-26-12-10-24/h7-8,13-14,16H,2-6,9-12H2,1H3,(H,23,25). The number of furan rings is 1. The smallest absolute Gasteiger partial charge is 0.259 e. The molecule has 0 atom stereocenters. The SMILES string of the molecule is Cc1oc(C2CCCCC2)cc1C(=O)Nc1ccc(N2CCOCC2)nc1. The summed E-state index contributed by atoms with van der Waals surface area (Å²) in [5.74, 6) is 2.87. The van der Waals surface area contributed by atoms with E-state index in [1.807, 2.05) is 25.1 Å². The summed E-state index contributed by atoms with van der Waals surface area (Å²) in [6, 6.07) is 5.76. The van der Waals surface area contributed by atoms with E-state index < -0.39 is 0 Å². The second-order valence-electron chi connectivity index (χ2n) is 7.41. The number of pyridine rings is 1. The molecule has 1 saturated carbocycles. The Bertz CT molecular complexity index is 772. The van der Waals surface area contributed by atoms with Crippen LogP contribution in [0.5, 0.6) is 0 Å². The second-order valence-corrected chi connectivity index (χ2v) is 7.41. The first-order valence-electron chi connectivity index (χ1n) is 9.91. The summed E-state index contributed by atoms with van der Waals surface area (Å²) in [5.41, 5.74) is 1.31. The highest BCUT2D eigenvalue weighted by molar-refractivity contribution is 6.05. The lowest BCUT2D eigenvalue weighted by Gasteiger charge is -2.27. The summed E-state index contributed by atoms with van der Waals surface area (Å²) in [7, 11) is 0. The second kappa shape index (κ2) is 8.13. The van der Waals surface area contributed by atoms with Crippen LogP contribution in [0.4, 0.5) is 11.5 Å². The van der Waals surface area contributed by atoms with Gasteiger partial charge >= 0.3 is 0 Å². The van der Waals surface area contributed by atoms with Gasteiger partial charge in [0.1, 0.15) is 17.3 Å². The highest BCUT2D eigenvalue weighted by atomic mass is 16.5. The third-order valence-electron chi connectivity index (χ3n) is 5.53. The molecule has 1 amide bonds. The number of nitrogens with zero attached hydrogens (tertiary/aromatic N) is 2. The number of rotatable bonds is 4. The summed E-state index contributed by atoms with van der Waals surface area (Å²) in [6.45, 7) is 5.00. The number of carbonyl (C=O) groups excluding carboxylic acids is 1. The Balaban J connectivity index is 1.42. The molecule has 2 aromatic rings. The van der Waals surface area contributed by atoms with E-state index in [9.17, 15) is 4.79 Å². The lowest BCUT2D eigenvalue weighted by Crippen LogP contribution is -2.36. The number of morpholine rings is 1. The number of hydrogen-bond donors (Lipinski definition) is 1. The lowest BCUT2D eigenvalue weighted by atomic mass is 9.87. The number of aryl methyl sites for hydroxylation is 1. The Morgan fingerprint density at radius 2 is 1.96 bits per heavy atom. The van der Waals surface area contributed by atoms with Crippen LogP contribution in [0.25, 0.3) is 0 Å². The van der Waals surface area contributed by atoms with Crippen molar-refractivity contribution in [3.63, 3.8) is 0 Å². The van der Waals surface area contributed by atoms with Crippen LogP contribution in [0.1, 0.15) is 59.9 Å². The van der Waals surface area contributed by atoms with E-state index in [4.69, 9.17) is 9.15 Å².